The summed E-state index contributed by atoms with van der Waals surface area (Å²) in [5.74, 6) is -0.800. The minimum Gasteiger partial charge on any atom is -0.375 e. The fourth-order valence-corrected chi connectivity index (χ4v) is 5.88. The Morgan fingerprint density at radius 3 is 1.58 bits per heavy atom. The van der Waals surface area contributed by atoms with Gasteiger partial charge in [-0.3, -0.25) is 14.5 Å². The predicted molar refractivity (Wildman–Crippen MR) is 116 cm³/mol. The highest BCUT2D eigenvalue weighted by molar-refractivity contribution is 6.07. The van der Waals surface area contributed by atoms with Gasteiger partial charge in [-0.05, 0) is 27.8 Å². The minimum atomic E-state index is -0.309. The van der Waals surface area contributed by atoms with E-state index in [1.54, 1.807) is 0 Å². The van der Waals surface area contributed by atoms with Gasteiger partial charge < -0.3 is 4.74 Å². The van der Waals surface area contributed by atoms with E-state index in [0.29, 0.717) is 19.8 Å². The molecule has 0 N–H and O–H groups in total. The number of carbonyl (C=O) groups is 2. The number of ether oxygens (including phenoxy) is 1. The zero-order valence-corrected chi connectivity index (χ0v) is 17.1. The Morgan fingerprint density at radius 1 is 0.645 bits per heavy atom. The van der Waals surface area contributed by atoms with Crippen LogP contribution in [0.4, 0.5) is 0 Å². The Hall–Kier alpha value is -3.24. The molecule has 1 fully saturated rings. The summed E-state index contributed by atoms with van der Waals surface area (Å²) < 4.78 is 5.78. The third-order valence-electron chi connectivity index (χ3n) is 7.11. The molecule has 2 bridgehead atoms. The number of nitrogens with zero attached hydrogens (tertiary/aromatic N) is 1. The number of amides is 2. The normalized spacial score (nSPS) is 25.4. The first-order valence-corrected chi connectivity index (χ1v) is 10.9. The Labute approximate surface area is 181 Å². The van der Waals surface area contributed by atoms with Gasteiger partial charge in [-0.15, -0.1) is 0 Å². The Kier molecular flexibility index (Phi) is 4.29. The molecule has 3 aromatic carbocycles. The molecule has 4 nitrogen and oxygen atoms in total. The molecule has 1 saturated heterocycles. The van der Waals surface area contributed by atoms with Crippen LogP contribution in [0.25, 0.3) is 0 Å². The Bertz CT molecular complexity index is 1060. The van der Waals surface area contributed by atoms with Crippen LogP contribution in [-0.4, -0.2) is 29.9 Å². The maximum atomic E-state index is 13.5. The van der Waals surface area contributed by atoms with E-state index in [1.165, 1.54) is 27.2 Å². The summed E-state index contributed by atoms with van der Waals surface area (Å²) in [5.41, 5.74) is 5.90. The first kappa shape index (κ1) is 18.5. The summed E-state index contributed by atoms with van der Waals surface area (Å²) in [5, 5.41) is 0. The van der Waals surface area contributed by atoms with E-state index in [9.17, 15) is 9.59 Å². The maximum absolute atomic E-state index is 13.5. The second-order valence-corrected chi connectivity index (χ2v) is 8.63. The summed E-state index contributed by atoms with van der Waals surface area (Å²) in [7, 11) is 0. The summed E-state index contributed by atoms with van der Waals surface area (Å²) in [6.07, 6.45) is 0. The van der Waals surface area contributed by atoms with Gasteiger partial charge in [0, 0.05) is 11.8 Å². The fraction of sp³-hybridized carbons (Fsp3) is 0.259. The average molecular weight is 409 g/mol. The van der Waals surface area contributed by atoms with Gasteiger partial charge in [-0.2, -0.15) is 0 Å². The van der Waals surface area contributed by atoms with E-state index < -0.39 is 0 Å². The van der Waals surface area contributed by atoms with Crippen molar-refractivity contribution in [3.05, 3.63) is 107 Å². The zero-order valence-electron chi connectivity index (χ0n) is 17.1. The molecule has 0 aromatic heterocycles. The van der Waals surface area contributed by atoms with Gasteiger partial charge in [0.15, 0.2) is 0 Å². The second kappa shape index (κ2) is 7.17. The van der Waals surface area contributed by atoms with Crippen molar-refractivity contribution in [2.45, 2.75) is 18.4 Å². The van der Waals surface area contributed by atoms with Gasteiger partial charge >= 0.3 is 0 Å². The van der Waals surface area contributed by atoms with Crippen molar-refractivity contribution in [2.75, 3.05) is 13.2 Å². The first-order chi connectivity index (χ1) is 15.3. The molecule has 4 aliphatic rings. The fourth-order valence-electron chi connectivity index (χ4n) is 5.88. The molecule has 2 atom stereocenters. The standard InChI is InChI=1S/C27H23NO3/c29-26-24-22-18-10-4-5-11-19(18)23(21-13-7-6-12-20(21)22)25(24)27(30)28(26)14-15-31-16-17-8-2-1-3-9-17/h1-13,22-25H,14-16H2/t22?,23?,24-,25-/m0/s1. The third-order valence-corrected chi connectivity index (χ3v) is 7.11. The zero-order chi connectivity index (χ0) is 20.9. The summed E-state index contributed by atoms with van der Waals surface area (Å²) >= 11 is 0. The van der Waals surface area contributed by atoms with Crippen LogP contribution in [-0.2, 0) is 20.9 Å². The highest BCUT2D eigenvalue weighted by Gasteiger charge is 2.61. The van der Waals surface area contributed by atoms with Gasteiger partial charge in [0.2, 0.25) is 11.8 Å². The molecular weight excluding hydrogens is 386 g/mol. The van der Waals surface area contributed by atoms with E-state index in [1.807, 2.05) is 54.6 Å². The van der Waals surface area contributed by atoms with Gasteiger partial charge in [-0.25, -0.2) is 0 Å². The third kappa shape index (κ3) is 2.71. The average Bonchev–Trinajstić information content (AvgIpc) is 3.08. The lowest BCUT2D eigenvalue weighted by molar-refractivity contribution is -0.140. The van der Waals surface area contributed by atoms with Gasteiger partial charge in [-0.1, -0.05) is 78.9 Å². The largest absolute Gasteiger partial charge is 0.375 e. The minimum absolute atomic E-state index is 0.0442. The van der Waals surface area contributed by atoms with E-state index in [0.717, 1.165) is 5.56 Å². The van der Waals surface area contributed by atoms with Crippen molar-refractivity contribution in [3.8, 4) is 0 Å². The van der Waals surface area contributed by atoms with Crippen molar-refractivity contribution in [1.82, 2.24) is 4.90 Å². The summed E-state index contributed by atoms with van der Waals surface area (Å²) in [6, 6.07) is 26.6. The molecular formula is C27H23NO3. The molecule has 2 amide bonds. The van der Waals surface area contributed by atoms with Crippen molar-refractivity contribution >= 4 is 11.8 Å². The molecule has 0 spiro atoms. The van der Waals surface area contributed by atoms with E-state index >= 15 is 0 Å². The van der Waals surface area contributed by atoms with Crippen LogP contribution in [0.2, 0.25) is 0 Å². The number of benzene rings is 3. The van der Waals surface area contributed by atoms with Gasteiger partial charge in [0.05, 0.1) is 31.6 Å². The van der Waals surface area contributed by atoms with Crippen molar-refractivity contribution in [3.63, 3.8) is 0 Å². The highest BCUT2D eigenvalue weighted by atomic mass is 16.5. The van der Waals surface area contributed by atoms with Crippen LogP contribution in [0.5, 0.6) is 0 Å². The quantitative estimate of drug-likeness (QED) is 0.471. The number of hydrogen-bond donors (Lipinski definition) is 0. The van der Waals surface area contributed by atoms with Crippen LogP contribution in [0.3, 0.4) is 0 Å². The van der Waals surface area contributed by atoms with Crippen LogP contribution < -0.4 is 0 Å². The van der Waals surface area contributed by atoms with Gasteiger partial charge in [0.25, 0.3) is 0 Å². The monoisotopic (exact) mass is 409 g/mol. The van der Waals surface area contributed by atoms with Crippen LogP contribution >= 0.6 is 0 Å². The highest BCUT2D eigenvalue weighted by Crippen LogP contribution is 2.60. The number of hydrogen-bond acceptors (Lipinski definition) is 3. The molecule has 3 aromatic rings. The molecule has 1 aliphatic heterocycles. The Morgan fingerprint density at radius 2 is 1.10 bits per heavy atom. The van der Waals surface area contributed by atoms with E-state index in [-0.39, 0.29) is 35.5 Å². The number of carbonyl (C=O) groups excluding carboxylic acids is 2. The number of likely N-dealkylation sites (tertiary alicyclic amines) is 1. The van der Waals surface area contributed by atoms with Crippen LogP contribution in [0, 0.1) is 11.8 Å². The van der Waals surface area contributed by atoms with Crippen molar-refractivity contribution < 1.29 is 14.3 Å². The van der Waals surface area contributed by atoms with E-state index in [2.05, 4.69) is 24.3 Å². The second-order valence-electron chi connectivity index (χ2n) is 8.63. The molecule has 4 heteroatoms. The number of imide groups is 1. The number of rotatable bonds is 5. The maximum Gasteiger partial charge on any atom is 0.234 e. The molecule has 154 valence electrons. The Balaban J connectivity index is 1.28. The van der Waals surface area contributed by atoms with E-state index in [4.69, 9.17) is 4.74 Å². The molecule has 31 heavy (non-hydrogen) atoms. The van der Waals surface area contributed by atoms with Crippen LogP contribution in [0.15, 0.2) is 78.9 Å². The predicted octanol–water partition coefficient (Wildman–Crippen LogP) is 4.10. The SMILES string of the molecule is O=C1[C@H]2C3c4ccccc4C(c4ccccc43)[C@@H]2C(=O)N1CCOCc1ccccc1. The lowest BCUT2D eigenvalue weighted by Crippen LogP contribution is -2.41. The lowest BCUT2D eigenvalue weighted by Gasteiger charge is -2.45. The van der Waals surface area contributed by atoms with Crippen molar-refractivity contribution in [2.24, 2.45) is 11.8 Å². The summed E-state index contributed by atoms with van der Waals surface area (Å²) in [6.45, 7) is 1.14. The first-order valence-electron chi connectivity index (χ1n) is 10.9. The molecule has 1 heterocycles. The smallest absolute Gasteiger partial charge is 0.234 e. The molecule has 3 aliphatic carbocycles. The van der Waals surface area contributed by atoms with Gasteiger partial charge in [0.1, 0.15) is 0 Å². The summed E-state index contributed by atoms with van der Waals surface area (Å²) in [4.78, 5) is 28.4. The molecule has 0 saturated carbocycles. The van der Waals surface area contributed by atoms with Crippen LogP contribution in [0.1, 0.15) is 39.7 Å². The molecule has 7 rings (SSSR count). The van der Waals surface area contributed by atoms with Crippen molar-refractivity contribution in [1.29, 1.82) is 0 Å². The molecule has 0 radical (unpaired) electrons. The lowest BCUT2D eigenvalue weighted by atomic mass is 9.55. The molecule has 0 unspecified atom stereocenters. The topological polar surface area (TPSA) is 46.6 Å².